The predicted molar refractivity (Wildman–Crippen MR) is 171 cm³/mol. The van der Waals surface area contributed by atoms with Crippen molar-refractivity contribution in [3.8, 4) is 0 Å². The molecule has 7 heterocycles. The van der Waals surface area contributed by atoms with E-state index in [1.54, 1.807) is 7.05 Å². The van der Waals surface area contributed by atoms with E-state index in [1.165, 1.54) is 15.5 Å². The molecule has 3 saturated heterocycles. The molecule has 31 heteroatoms. The van der Waals surface area contributed by atoms with Crippen LogP contribution in [-0.4, -0.2) is 126 Å². The summed E-state index contributed by atoms with van der Waals surface area (Å²) in [6.07, 6.45) is -7.48. The second-order valence-electron chi connectivity index (χ2n) is 12.4. The number of imidazole rings is 2. The first kappa shape index (κ1) is 38.7. The summed E-state index contributed by atoms with van der Waals surface area (Å²) in [5.74, 6) is -0.458. The zero-order valence-electron chi connectivity index (χ0n) is 27.3. The molecule has 3 aliphatic rings. The van der Waals surface area contributed by atoms with Gasteiger partial charge in [0.05, 0.1) is 33.2 Å². The SMILES string of the molecule is Cn1c[n+](C[C@@H]2O[C@@]3(COP(=O)(O)OP(=O)(O)OP(=O)(O)OC[C@H]4O[C@@H](n5cnc6c(=O)[nH]c(N)nc65)[C@@H](O)C4O)COC2[C@H]3O)c2nc(N)[nH]c(=O)c21. The maximum atomic E-state index is 12.7. The van der Waals surface area contributed by atoms with Crippen LogP contribution in [0, 0.1) is 0 Å². The zero-order valence-corrected chi connectivity index (χ0v) is 30.0. The molecule has 0 saturated carbocycles. The first-order valence-electron chi connectivity index (χ1n) is 15.3. The molecule has 5 unspecified atom stereocenters. The summed E-state index contributed by atoms with van der Waals surface area (Å²) in [7, 11) is -15.7. The Balaban J connectivity index is 0.947. The number of phosphoric ester groups is 2. The van der Waals surface area contributed by atoms with Gasteiger partial charge in [0.2, 0.25) is 11.5 Å². The Labute approximate surface area is 298 Å². The summed E-state index contributed by atoms with van der Waals surface area (Å²) in [5, 5.41) is 31.9. The molecule has 0 spiro atoms. The average Bonchev–Trinajstić information content (AvgIpc) is 3.82. The minimum Gasteiger partial charge on any atom is -0.387 e. The number of aromatic nitrogens is 8. The summed E-state index contributed by atoms with van der Waals surface area (Å²) in [6, 6.07) is 0. The molecule has 2 bridgehead atoms. The highest BCUT2D eigenvalue weighted by Gasteiger charge is 2.62. The highest BCUT2D eigenvalue weighted by Crippen LogP contribution is 2.68. The Kier molecular flexibility index (Phi) is 9.75. The largest absolute Gasteiger partial charge is 0.490 e. The molecule has 11 atom stereocenters. The number of fused-ring (bicyclic) bond motifs is 4. The number of aliphatic hydroxyl groups is 3. The van der Waals surface area contributed by atoms with Crippen LogP contribution in [-0.2, 0) is 59.2 Å². The molecule has 3 aliphatic heterocycles. The van der Waals surface area contributed by atoms with Crippen LogP contribution in [0.1, 0.15) is 6.23 Å². The average molecular weight is 829 g/mol. The van der Waals surface area contributed by atoms with Crippen molar-refractivity contribution in [3.05, 3.63) is 33.4 Å². The van der Waals surface area contributed by atoms with E-state index in [2.05, 4.69) is 38.1 Å². The fourth-order valence-corrected chi connectivity index (χ4v) is 9.91. The van der Waals surface area contributed by atoms with Crippen molar-refractivity contribution in [1.29, 1.82) is 0 Å². The van der Waals surface area contributed by atoms with Gasteiger partial charge in [-0.25, -0.2) is 23.2 Å². The molecule has 296 valence electrons. The fraction of sp³-hybridized carbons (Fsp3) is 0.565. The molecule has 4 aromatic rings. The van der Waals surface area contributed by atoms with E-state index in [9.17, 15) is 53.3 Å². The van der Waals surface area contributed by atoms with E-state index in [4.69, 9.17) is 30.2 Å². The Morgan fingerprint density at radius 2 is 1.65 bits per heavy atom. The lowest BCUT2D eigenvalue weighted by Crippen LogP contribution is -2.48. The molecule has 28 nitrogen and oxygen atoms in total. The second-order valence-corrected chi connectivity index (χ2v) is 17.0. The predicted octanol–water partition coefficient (Wildman–Crippen LogP) is -4.27. The molecule has 3 fully saturated rings. The number of H-pyrrole nitrogens is 2. The fourth-order valence-electron chi connectivity index (χ4n) is 6.34. The smallest absolute Gasteiger partial charge is 0.387 e. The number of hydrogen-bond acceptors (Lipinski definition) is 20. The topological polar surface area (TPSA) is 407 Å². The second kappa shape index (κ2) is 13.6. The molecule has 0 radical (unpaired) electrons. The molecular formula is C23H32N10O18P3+. The van der Waals surface area contributed by atoms with Crippen LogP contribution >= 0.6 is 23.5 Å². The zero-order chi connectivity index (χ0) is 39.1. The summed E-state index contributed by atoms with van der Waals surface area (Å²) >= 11 is 0. The van der Waals surface area contributed by atoms with Crippen molar-refractivity contribution in [1.82, 2.24) is 34.1 Å². The van der Waals surface area contributed by atoms with Crippen molar-refractivity contribution in [2.45, 2.75) is 55.0 Å². The van der Waals surface area contributed by atoms with Crippen LogP contribution in [0.4, 0.5) is 11.9 Å². The van der Waals surface area contributed by atoms with Gasteiger partial charge < -0.3 is 55.7 Å². The summed E-state index contributed by atoms with van der Waals surface area (Å²) in [5.41, 5.74) is 8.24. The van der Waals surface area contributed by atoms with Gasteiger partial charge >= 0.3 is 29.1 Å². The van der Waals surface area contributed by atoms with Crippen molar-refractivity contribution >= 4 is 57.7 Å². The van der Waals surface area contributed by atoms with Crippen molar-refractivity contribution < 1.29 is 80.1 Å². The van der Waals surface area contributed by atoms with E-state index < -0.39 is 96.3 Å². The summed E-state index contributed by atoms with van der Waals surface area (Å²) < 4.78 is 76.5. The highest BCUT2D eigenvalue weighted by atomic mass is 31.3. The Hall–Kier alpha value is -3.53. The maximum absolute atomic E-state index is 12.7. The number of nitrogens with two attached hydrogens (primary N) is 2. The molecule has 54 heavy (non-hydrogen) atoms. The number of aromatic amines is 2. The van der Waals surface area contributed by atoms with Crippen molar-refractivity contribution in [3.63, 3.8) is 0 Å². The van der Waals surface area contributed by atoms with Gasteiger partial charge in [-0.3, -0.25) is 37.7 Å². The van der Waals surface area contributed by atoms with E-state index in [0.29, 0.717) is 0 Å². The normalized spacial score (nSPS) is 31.6. The van der Waals surface area contributed by atoms with Gasteiger partial charge in [-0.15, -0.1) is 0 Å². The molecular weight excluding hydrogens is 797 g/mol. The quantitative estimate of drug-likeness (QED) is 0.0450. The van der Waals surface area contributed by atoms with Crippen molar-refractivity contribution in [2.75, 3.05) is 31.3 Å². The van der Waals surface area contributed by atoms with Gasteiger partial charge in [0.15, 0.2) is 23.7 Å². The number of ether oxygens (including phenoxy) is 3. The number of phosphoric acid groups is 3. The first-order valence-corrected chi connectivity index (χ1v) is 19.8. The van der Waals surface area contributed by atoms with E-state index >= 15 is 0 Å². The Morgan fingerprint density at radius 3 is 2.37 bits per heavy atom. The lowest BCUT2D eigenvalue weighted by Gasteiger charge is -2.30. The van der Waals surface area contributed by atoms with Crippen LogP contribution in [0.3, 0.4) is 0 Å². The molecule has 12 N–H and O–H groups in total. The van der Waals surface area contributed by atoms with E-state index in [0.717, 1.165) is 10.9 Å². The van der Waals surface area contributed by atoms with E-state index in [-0.39, 0.29) is 47.4 Å². The lowest BCUT2D eigenvalue weighted by atomic mass is 10.00. The van der Waals surface area contributed by atoms with Gasteiger partial charge in [0.25, 0.3) is 17.1 Å². The number of aliphatic hydroxyl groups excluding tert-OH is 3. The highest BCUT2D eigenvalue weighted by molar-refractivity contribution is 7.66. The van der Waals surface area contributed by atoms with E-state index in [1.807, 2.05) is 0 Å². The van der Waals surface area contributed by atoms with Crippen LogP contribution < -0.4 is 27.2 Å². The van der Waals surface area contributed by atoms with Gasteiger partial charge in [-0.1, -0.05) is 4.98 Å². The van der Waals surface area contributed by atoms with Crippen LogP contribution in [0.25, 0.3) is 22.3 Å². The standard InChI is InChI=1S/C23H31N10O18P3/c1-31-7-32(17-11(31)19(38)30-22(25)28-17)2-8-14-15(36)23(49-8,4-45-14)5-47-53(41,42)51-54(43,44)50-52(39,40)46-3-9-12(34)13(35)20(48-9)33-6-26-10-16(33)27-21(24)29-18(10)37/h6-9,12-15,20,34-36H,2-5H2,1H3,(H8-,24,25,27,28,29,30,37,38,39,40,41,42,43,44)/p+1/t8-,9+,12?,13-,14?,15+,20+,23+/m0/s1. The summed E-state index contributed by atoms with van der Waals surface area (Å²) in [4.78, 5) is 71.3. The number of nitrogen functional groups attached to an aromatic ring is 2. The van der Waals surface area contributed by atoms with Crippen LogP contribution in [0.2, 0.25) is 0 Å². The molecule has 0 aliphatic carbocycles. The Bertz CT molecular complexity index is 2390. The molecule has 0 aromatic carbocycles. The monoisotopic (exact) mass is 829 g/mol. The van der Waals surface area contributed by atoms with Gasteiger partial charge in [0.1, 0.15) is 48.8 Å². The number of nitrogens with one attached hydrogen (secondary N) is 2. The van der Waals surface area contributed by atoms with Crippen LogP contribution in [0.5, 0.6) is 0 Å². The number of nitrogens with zero attached hydrogens (tertiary/aromatic N) is 6. The third kappa shape index (κ3) is 7.16. The third-order valence-corrected chi connectivity index (χ3v) is 12.9. The number of anilines is 2. The Morgan fingerprint density at radius 1 is 0.981 bits per heavy atom. The third-order valence-electron chi connectivity index (χ3n) is 8.68. The first-order chi connectivity index (χ1) is 25.2. The molecule has 0 amide bonds. The lowest BCUT2D eigenvalue weighted by molar-refractivity contribution is -0.683. The molecule has 7 rings (SSSR count). The minimum absolute atomic E-state index is 0.0497. The summed E-state index contributed by atoms with van der Waals surface area (Å²) in [6.45, 7) is -2.45. The molecule has 4 aromatic heterocycles. The van der Waals surface area contributed by atoms with Gasteiger partial charge in [-0.2, -0.15) is 13.6 Å². The number of aryl methyl sites for hydroxylation is 1. The maximum Gasteiger partial charge on any atom is 0.490 e. The van der Waals surface area contributed by atoms with Gasteiger partial charge in [-0.05, 0) is 0 Å². The number of hydrogen-bond donors (Lipinski definition) is 10. The minimum atomic E-state index is -5.98. The van der Waals surface area contributed by atoms with Crippen LogP contribution in [0.15, 0.2) is 22.2 Å². The van der Waals surface area contributed by atoms with Crippen molar-refractivity contribution in [2.24, 2.45) is 7.05 Å². The number of rotatable bonds is 13. The van der Waals surface area contributed by atoms with Gasteiger partial charge in [0, 0.05) is 0 Å².